The zero-order chi connectivity index (χ0) is 14.5. The Morgan fingerprint density at radius 3 is 3.10 bits per heavy atom. The van der Waals surface area contributed by atoms with Gasteiger partial charge in [0.15, 0.2) is 6.10 Å². The first-order valence-corrected chi connectivity index (χ1v) is 6.86. The summed E-state index contributed by atoms with van der Waals surface area (Å²) in [5.41, 5.74) is 2.07. The number of carbonyl (C=O) groups excluding carboxylic acids is 1. The minimum Gasteiger partial charge on any atom is -0.481 e. The summed E-state index contributed by atoms with van der Waals surface area (Å²) in [5, 5.41) is 12.5. The van der Waals surface area contributed by atoms with Crippen molar-refractivity contribution in [3.05, 3.63) is 29.3 Å². The first-order valence-electron chi connectivity index (χ1n) is 6.86. The van der Waals surface area contributed by atoms with Crippen molar-refractivity contribution in [1.82, 2.24) is 5.32 Å². The Bertz CT molecular complexity index is 475. The summed E-state index contributed by atoms with van der Waals surface area (Å²) >= 11 is 0. The third kappa shape index (κ3) is 3.49. The Morgan fingerprint density at radius 2 is 2.35 bits per heavy atom. The van der Waals surface area contributed by atoms with E-state index in [1.54, 1.807) is 20.1 Å². The van der Waals surface area contributed by atoms with Crippen molar-refractivity contribution in [2.75, 3.05) is 20.3 Å². The molecule has 110 valence electrons. The van der Waals surface area contributed by atoms with Gasteiger partial charge in [0.25, 0.3) is 5.91 Å². The van der Waals surface area contributed by atoms with E-state index in [2.05, 4.69) is 5.32 Å². The number of hydrogen-bond acceptors (Lipinski definition) is 4. The fourth-order valence-corrected chi connectivity index (χ4v) is 2.32. The number of methoxy groups -OCH3 is 1. The van der Waals surface area contributed by atoms with Crippen LogP contribution in [0, 0.1) is 0 Å². The van der Waals surface area contributed by atoms with E-state index in [1.807, 2.05) is 12.1 Å². The number of ether oxygens (including phenoxy) is 2. The molecule has 5 nitrogen and oxygen atoms in total. The minimum atomic E-state index is -0.559. The molecule has 0 bridgehead atoms. The van der Waals surface area contributed by atoms with Gasteiger partial charge in [-0.3, -0.25) is 4.79 Å². The van der Waals surface area contributed by atoms with Gasteiger partial charge in [0.05, 0.1) is 12.7 Å². The Kier molecular flexibility index (Phi) is 4.98. The molecule has 0 saturated heterocycles. The number of rotatable bonds is 6. The fraction of sp³-hybridized carbons (Fsp3) is 0.533. The van der Waals surface area contributed by atoms with Gasteiger partial charge < -0.3 is 19.9 Å². The molecule has 1 aliphatic carbocycles. The predicted molar refractivity (Wildman–Crippen MR) is 74.7 cm³/mol. The second-order valence-corrected chi connectivity index (χ2v) is 4.96. The van der Waals surface area contributed by atoms with Gasteiger partial charge in [0.1, 0.15) is 5.75 Å². The number of aliphatic hydroxyl groups is 1. The molecule has 2 rings (SSSR count). The van der Waals surface area contributed by atoms with E-state index in [0.717, 1.165) is 24.0 Å². The van der Waals surface area contributed by atoms with Crippen molar-refractivity contribution >= 4 is 5.91 Å². The van der Waals surface area contributed by atoms with Crippen molar-refractivity contribution in [2.45, 2.75) is 32.0 Å². The van der Waals surface area contributed by atoms with Gasteiger partial charge in [-0.1, -0.05) is 6.07 Å². The average Bonchev–Trinajstić information content (AvgIpc) is 2.80. The SMILES string of the molecule is COCCNC(=O)C(C)Oc1ccc2c(c1)CC[C@@H]2O. The molecule has 1 aromatic rings. The van der Waals surface area contributed by atoms with Crippen molar-refractivity contribution in [1.29, 1.82) is 0 Å². The monoisotopic (exact) mass is 279 g/mol. The molecule has 1 unspecified atom stereocenters. The second kappa shape index (κ2) is 6.72. The van der Waals surface area contributed by atoms with Crippen LogP contribution in [0.5, 0.6) is 5.75 Å². The van der Waals surface area contributed by atoms with Crippen molar-refractivity contribution in [3.63, 3.8) is 0 Å². The number of hydrogen-bond donors (Lipinski definition) is 2. The first-order chi connectivity index (χ1) is 9.61. The Morgan fingerprint density at radius 1 is 1.55 bits per heavy atom. The molecule has 2 atom stereocenters. The molecule has 0 saturated carbocycles. The number of nitrogens with one attached hydrogen (secondary N) is 1. The predicted octanol–water partition coefficient (Wildman–Crippen LogP) is 1.20. The molecule has 1 aliphatic rings. The molecule has 0 aromatic heterocycles. The Balaban J connectivity index is 1.91. The molecule has 5 heteroatoms. The van der Waals surface area contributed by atoms with Crippen molar-refractivity contribution < 1.29 is 19.4 Å². The van der Waals surface area contributed by atoms with Gasteiger partial charge in [0.2, 0.25) is 0 Å². The molecule has 0 radical (unpaired) electrons. The van der Waals surface area contributed by atoms with Crippen LogP contribution in [0.3, 0.4) is 0 Å². The zero-order valence-corrected chi connectivity index (χ0v) is 11.9. The molecule has 0 spiro atoms. The van der Waals surface area contributed by atoms with Crippen LogP contribution in [-0.4, -0.2) is 37.4 Å². The van der Waals surface area contributed by atoms with Crippen LogP contribution in [0.1, 0.15) is 30.6 Å². The van der Waals surface area contributed by atoms with Crippen LogP contribution in [-0.2, 0) is 16.0 Å². The number of amides is 1. The maximum atomic E-state index is 11.8. The van der Waals surface area contributed by atoms with E-state index in [9.17, 15) is 9.90 Å². The third-order valence-electron chi connectivity index (χ3n) is 3.45. The largest absolute Gasteiger partial charge is 0.481 e. The molecule has 0 fully saturated rings. The normalized spacial score (nSPS) is 18.4. The van der Waals surface area contributed by atoms with Gasteiger partial charge in [-0.15, -0.1) is 0 Å². The van der Waals surface area contributed by atoms with E-state index in [1.165, 1.54) is 0 Å². The van der Waals surface area contributed by atoms with E-state index in [4.69, 9.17) is 9.47 Å². The number of fused-ring (bicyclic) bond motifs is 1. The van der Waals surface area contributed by atoms with Gasteiger partial charge in [-0.2, -0.15) is 0 Å². The van der Waals surface area contributed by atoms with E-state index >= 15 is 0 Å². The zero-order valence-electron chi connectivity index (χ0n) is 11.9. The number of benzene rings is 1. The fourth-order valence-electron chi connectivity index (χ4n) is 2.32. The molecule has 1 amide bonds. The van der Waals surface area contributed by atoms with Crippen LogP contribution < -0.4 is 10.1 Å². The highest BCUT2D eigenvalue weighted by molar-refractivity contribution is 5.80. The molecule has 1 aromatic carbocycles. The van der Waals surface area contributed by atoms with E-state index < -0.39 is 6.10 Å². The van der Waals surface area contributed by atoms with Gasteiger partial charge in [-0.25, -0.2) is 0 Å². The molecule has 20 heavy (non-hydrogen) atoms. The summed E-state index contributed by atoms with van der Waals surface area (Å²) in [4.78, 5) is 11.8. The molecular weight excluding hydrogens is 258 g/mol. The van der Waals surface area contributed by atoms with Crippen LogP contribution in [0.15, 0.2) is 18.2 Å². The lowest BCUT2D eigenvalue weighted by molar-refractivity contribution is -0.127. The minimum absolute atomic E-state index is 0.164. The summed E-state index contributed by atoms with van der Waals surface area (Å²) < 4.78 is 10.5. The maximum absolute atomic E-state index is 11.8. The van der Waals surface area contributed by atoms with Crippen LogP contribution in [0.2, 0.25) is 0 Å². The van der Waals surface area contributed by atoms with Crippen molar-refractivity contribution in [3.8, 4) is 5.75 Å². The number of aliphatic hydroxyl groups excluding tert-OH is 1. The summed E-state index contributed by atoms with van der Waals surface area (Å²) in [5.74, 6) is 0.495. The first kappa shape index (κ1) is 14.8. The summed E-state index contributed by atoms with van der Waals surface area (Å²) in [6.45, 7) is 2.67. The lowest BCUT2D eigenvalue weighted by Crippen LogP contribution is -2.37. The van der Waals surface area contributed by atoms with Crippen LogP contribution in [0.25, 0.3) is 0 Å². The molecular formula is C15H21NO4. The molecule has 0 aliphatic heterocycles. The highest BCUT2D eigenvalue weighted by Gasteiger charge is 2.21. The quantitative estimate of drug-likeness (QED) is 0.768. The van der Waals surface area contributed by atoms with Crippen LogP contribution >= 0.6 is 0 Å². The summed E-state index contributed by atoms with van der Waals surface area (Å²) in [6.07, 6.45) is 0.679. The lowest BCUT2D eigenvalue weighted by atomic mass is 10.1. The molecule has 2 N–H and O–H groups in total. The smallest absolute Gasteiger partial charge is 0.260 e. The Hall–Kier alpha value is -1.59. The van der Waals surface area contributed by atoms with Crippen LogP contribution in [0.4, 0.5) is 0 Å². The summed E-state index contributed by atoms with van der Waals surface area (Å²) in [7, 11) is 1.59. The highest BCUT2D eigenvalue weighted by atomic mass is 16.5. The average molecular weight is 279 g/mol. The van der Waals surface area contributed by atoms with Gasteiger partial charge in [-0.05, 0) is 43.0 Å². The standard InChI is InChI=1S/C15H21NO4/c1-10(15(18)16-7-8-19-2)20-12-4-5-13-11(9-12)3-6-14(13)17/h4-5,9-10,14,17H,3,6-8H2,1-2H3,(H,16,18)/t10?,14-/m0/s1. The van der Waals surface area contributed by atoms with E-state index in [0.29, 0.717) is 18.9 Å². The lowest BCUT2D eigenvalue weighted by Gasteiger charge is -2.15. The second-order valence-electron chi connectivity index (χ2n) is 4.96. The maximum Gasteiger partial charge on any atom is 0.260 e. The highest BCUT2D eigenvalue weighted by Crippen LogP contribution is 2.33. The third-order valence-corrected chi connectivity index (χ3v) is 3.45. The van der Waals surface area contributed by atoms with Gasteiger partial charge in [0, 0.05) is 13.7 Å². The molecule has 0 heterocycles. The Labute approximate surface area is 118 Å². The number of aryl methyl sites for hydroxylation is 1. The van der Waals surface area contributed by atoms with Gasteiger partial charge >= 0.3 is 0 Å². The number of carbonyl (C=O) groups is 1. The van der Waals surface area contributed by atoms with Crippen molar-refractivity contribution in [2.24, 2.45) is 0 Å². The summed E-state index contributed by atoms with van der Waals surface area (Å²) in [6, 6.07) is 5.58. The topological polar surface area (TPSA) is 67.8 Å². The van der Waals surface area contributed by atoms with E-state index in [-0.39, 0.29) is 12.0 Å².